The van der Waals surface area contributed by atoms with Crippen molar-refractivity contribution >= 4 is 12.6 Å². The fraction of sp³-hybridized carbons (Fsp3) is 1.00. The Kier molecular flexibility index (Phi) is 10.6. The van der Waals surface area contributed by atoms with Crippen LogP contribution in [0, 0.1) is 0 Å². The largest absolute Gasteiger partial charge is 0.313 e. The van der Waals surface area contributed by atoms with Gasteiger partial charge in [-0.2, -0.15) is 12.6 Å². The second-order valence-electron chi connectivity index (χ2n) is 3.66. The highest BCUT2D eigenvalue weighted by molar-refractivity contribution is 7.80. The Bertz CT molecular complexity index is 77.1. The molecule has 0 fully saturated rings. The summed E-state index contributed by atoms with van der Waals surface area (Å²) in [6.07, 6.45) is 8.01. The summed E-state index contributed by atoms with van der Waals surface area (Å²) in [5.74, 6) is 0.953. The Balaban J connectivity index is 3.47. The molecule has 0 aromatic carbocycles. The van der Waals surface area contributed by atoms with Crippen LogP contribution in [0.25, 0.3) is 0 Å². The number of unbranched alkanes of at least 4 members (excludes halogenated alkanes) is 2. The molecule has 1 N–H and O–H groups in total. The highest BCUT2D eigenvalue weighted by Gasteiger charge is 2.05. The summed E-state index contributed by atoms with van der Waals surface area (Å²) in [5.41, 5.74) is 0. The quantitative estimate of drug-likeness (QED) is 0.548. The fourth-order valence-corrected chi connectivity index (χ4v) is 1.65. The van der Waals surface area contributed by atoms with Crippen LogP contribution >= 0.6 is 12.6 Å². The highest BCUT2D eigenvalue weighted by atomic mass is 32.1. The van der Waals surface area contributed by atoms with Crippen molar-refractivity contribution in [2.24, 2.45) is 0 Å². The minimum atomic E-state index is 0.743. The molecule has 1 nitrogen and oxygen atoms in total. The van der Waals surface area contributed by atoms with Crippen molar-refractivity contribution in [3.8, 4) is 0 Å². The van der Waals surface area contributed by atoms with E-state index in [0.717, 1.165) is 18.3 Å². The maximum atomic E-state index is 4.21. The minimum absolute atomic E-state index is 0.743. The van der Waals surface area contributed by atoms with Crippen LogP contribution in [0.2, 0.25) is 0 Å². The zero-order chi connectivity index (χ0) is 9.94. The lowest BCUT2D eigenvalue weighted by Gasteiger charge is -2.17. The van der Waals surface area contributed by atoms with Gasteiger partial charge in [-0.3, -0.25) is 0 Å². The van der Waals surface area contributed by atoms with Crippen LogP contribution in [0.4, 0.5) is 0 Å². The molecular formula is C11H25NS. The van der Waals surface area contributed by atoms with E-state index in [0.29, 0.717) is 0 Å². The van der Waals surface area contributed by atoms with E-state index in [1.54, 1.807) is 0 Å². The van der Waals surface area contributed by atoms with Crippen molar-refractivity contribution in [1.82, 2.24) is 5.32 Å². The maximum absolute atomic E-state index is 4.21. The normalized spacial score (nSPS) is 11.1. The molecule has 0 rings (SSSR count). The van der Waals surface area contributed by atoms with Gasteiger partial charge >= 0.3 is 0 Å². The van der Waals surface area contributed by atoms with E-state index >= 15 is 0 Å². The monoisotopic (exact) mass is 203 g/mol. The van der Waals surface area contributed by atoms with Crippen LogP contribution < -0.4 is 5.32 Å². The van der Waals surface area contributed by atoms with Gasteiger partial charge in [0.2, 0.25) is 0 Å². The van der Waals surface area contributed by atoms with Crippen LogP contribution in [-0.2, 0) is 0 Å². The number of rotatable bonds is 9. The lowest BCUT2D eigenvalue weighted by molar-refractivity contribution is 0.437. The van der Waals surface area contributed by atoms with Gasteiger partial charge in [0.1, 0.15) is 0 Å². The Morgan fingerprint density at radius 1 is 1.08 bits per heavy atom. The van der Waals surface area contributed by atoms with Gasteiger partial charge in [-0.15, -0.1) is 0 Å². The van der Waals surface area contributed by atoms with E-state index in [1.165, 1.54) is 38.5 Å². The summed E-state index contributed by atoms with van der Waals surface area (Å²) >= 11 is 4.21. The first-order valence-corrected chi connectivity index (χ1v) is 6.32. The summed E-state index contributed by atoms with van der Waals surface area (Å²) < 4.78 is 0. The first-order chi connectivity index (χ1) is 6.35. The van der Waals surface area contributed by atoms with Crippen LogP contribution in [-0.4, -0.2) is 18.3 Å². The standard InChI is InChI=1S/C11H25NS/c1-3-5-7-11(8-6-4-2)12-9-10-13/h11-13H,3-10H2,1-2H3. The molecule has 13 heavy (non-hydrogen) atoms. The van der Waals surface area contributed by atoms with Crippen LogP contribution in [0.1, 0.15) is 52.4 Å². The van der Waals surface area contributed by atoms with Crippen molar-refractivity contribution in [2.75, 3.05) is 12.3 Å². The Labute approximate surface area is 89.1 Å². The molecule has 0 saturated heterocycles. The van der Waals surface area contributed by atoms with Crippen LogP contribution in [0.15, 0.2) is 0 Å². The predicted octanol–water partition coefficient (Wildman–Crippen LogP) is 3.25. The fourth-order valence-electron chi connectivity index (χ4n) is 1.52. The SMILES string of the molecule is CCCCC(CCCC)NCCS. The zero-order valence-electron chi connectivity index (χ0n) is 9.18. The van der Waals surface area contributed by atoms with Crippen molar-refractivity contribution < 1.29 is 0 Å². The smallest absolute Gasteiger partial charge is 0.00673 e. The van der Waals surface area contributed by atoms with Crippen molar-refractivity contribution in [2.45, 2.75) is 58.4 Å². The second-order valence-corrected chi connectivity index (χ2v) is 4.11. The topological polar surface area (TPSA) is 12.0 Å². The Morgan fingerprint density at radius 3 is 2.00 bits per heavy atom. The molecular weight excluding hydrogens is 178 g/mol. The summed E-state index contributed by atoms with van der Waals surface area (Å²) in [7, 11) is 0. The third-order valence-corrected chi connectivity index (χ3v) is 2.58. The summed E-state index contributed by atoms with van der Waals surface area (Å²) in [6, 6.07) is 0.743. The lowest BCUT2D eigenvalue weighted by Crippen LogP contribution is -2.30. The Hall–Kier alpha value is 0.310. The third kappa shape index (κ3) is 8.63. The van der Waals surface area contributed by atoms with Gasteiger partial charge in [0.25, 0.3) is 0 Å². The van der Waals surface area contributed by atoms with Crippen molar-refractivity contribution in [3.05, 3.63) is 0 Å². The first kappa shape index (κ1) is 13.3. The second kappa shape index (κ2) is 10.4. The van der Waals surface area contributed by atoms with Gasteiger partial charge in [-0.1, -0.05) is 39.5 Å². The molecule has 0 aliphatic rings. The number of thiol groups is 1. The molecule has 0 aliphatic carbocycles. The summed E-state index contributed by atoms with van der Waals surface area (Å²) in [6.45, 7) is 5.58. The molecule has 0 amide bonds. The van der Waals surface area contributed by atoms with Crippen molar-refractivity contribution in [1.29, 1.82) is 0 Å². The Morgan fingerprint density at radius 2 is 1.62 bits per heavy atom. The molecule has 0 aromatic rings. The number of nitrogens with one attached hydrogen (secondary N) is 1. The first-order valence-electron chi connectivity index (χ1n) is 5.69. The summed E-state index contributed by atoms with van der Waals surface area (Å²) in [4.78, 5) is 0. The average Bonchev–Trinajstić information content (AvgIpc) is 2.17. The molecule has 2 heteroatoms. The predicted molar refractivity (Wildman–Crippen MR) is 64.7 cm³/mol. The van der Waals surface area contributed by atoms with Gasteiger partial charge < -0.3 is 5.32 Å². The molecule has 0 unspecified atom stereocenters. The van der Waals surface area contributed by atoms with E-state index in [9.17, 15) is 0 Å². The number of hydrogen-bond acceptors (Lipinski definition) is 2. The van der Waals surface area contributed by atoms with E-state index < -0.39 is 0 Å². The molecule has 0 spiro atoms. The van der Waals surface area contributed by atoms with Crippen molar-refractivity contribution in [3.63, 3.8) is 0 Å². The van der Waals surface area contributed by atoms with Gasteiger partial charge in [0.15, 0.2) is 0 Å². The molecule has 80 valence electrons. The summed E-state index contributed by atoms with van der Waals surface area (Å²) in [5, 5.41) is 3.56. The molecule has 0 aromatic heterocycles. The molecule has 0 radical (unpaired) electrons. The van der Waals surface area contributed by atoms with E-state index in [2.05, 4.69) is 31.8 Å². The van der Waals surface area contributed by atoms with Gasteiger partial charge in [0.05, 0.1) is 0 Å². The van der Waals surface area contributed by atoms with Gasteiger partial charge in [-0.25, -0.2) is 0 Å². The van der Waals surface area contributed by atoms with E-state index in [-0.39, 0.29) is 0 Å². The van der Waals surface area contributed by atoms with Gasteiger partial charge in [-0.05, 0) is 12.8 Å². The van der Waals surface area contributed by atoms with Gasteiger partial charge in [0, 0.05) is 18.3 Å². The lowest BCUT2D eigenvalue weighted by atomic mass is 10.0. The molecule has 0 atom stereocenters. The maximum Gasteiger partial charge on any atom is 0.00673 e. The minimum Gasteiger partial charge on any atom is -0.313 e. The average molecular weight is 203 g/mol. The molecule has 0 saturated carbocycles. The molecule has 0 bridgehead atoms. The molecule has 0 heterocycles. The van der Waals surface area contributed by atoms with E-state index in [1.807, 2.05) is 0 Å². The number of hydrogen-bond donors (Lipinski definition) is 2. The van der Waals surface area contributed by atoms with Crippen LogP contribution in [0.5, 0.6) is 0 Å². The third-order valence-electron chi connectivity index (χ3n) is 2.36. The van der Waals surface area contributed by atoms with Crippen LogP contribution in [0.3, 0.4) is 0 Å². The zero-order valence-corrected chi connectivity index (χ0v) is 10.1. The van der Waals surface area contributed by atoms with E-state index in [4.69, 9.17) is 0 Å². The molecule has 0 aliphatic heterocycles. The highest BCUT2D eigenvalue weighted by Crippen LogP contribution is 2.08.